The lowest BCUT2D eigenvalue weighted by molar-refractivity contribution is 0.140. The number of guanidine groups is 1. The Morgan fingerprint density at radius 3 is 2.69 bits per heavy atom. The average Bonchev–Trinajstić information content (AvgIpc) is 3.30. The Balaban J connectivity index is 1.61. The van der Waals surface area contributed by atoms with Gasteiger partial charge in [0.1, 0.15) is 18.0 Å². The highest BCUT2D eigenvalue weighted by Crippen LogP contribution is 2.27. The predicted octanol–water partition coefficient (Wildman–Crippen LogP) is 3.69. The first kappa shape index (κ1) is 23.7. The lowest BCUT2D eigenvalue weighted by Gasteiger charge is -2.19. The molecule has 0 saturated carbocycles. The van der Waals surface area contributed by atoms with Gasteiger partial charge in [-0.25, -0.2) is 4.99 Å². The third-order valence-corrected chi connectivity index (χ3v) is 5.11. The first-order chi connectivity index (χ1) is 15.6. The van der Waals surface area contributed by atoms with E-state index in [0.717, 1.165) is 48.3 Å². The monoisotopic (exact) mass is 441 g/mol. The highest BCUT2D eigenvalue weighted by Gasteiger charge is 2.19. The zero-order valence-electron chi connectivity index (χ0n) is 19.5. The van der Waals surface area contributed by atoms with Crippen molar-refractivity contribution in [2.75, 3.05) is 33.4 Å². The van der Waals surface area contributed by atoms with Crippen LogP contribution in [0, 0.1) is 6.92 Å². The van der Waals surface area contributed by atoms with Crippen LogP contribution in [-0.4, -0.2) is 51.6 Å². The molecule has 2 aromatic carbocycles. The van der Waals surface area contributed by atoms with Crippen molar-refractivity contribution in [3.05, 3.63) is 53.6 Å². The minimum atomic E-state index is -0.0733. The Labute approximate surface area is 191 Å². The van der Waals surface area contributed by atoms with E-state index in [-0.39, 0.29) is 12.2 Å². The molecule has 7 heteroatoms. The van der Waals surface area contributed by atoms with Crippen LogP contribution in [0.1, 0.15) is 31.4 Å². The molecule has 2 unspecified atom stereocenters. The largest absolute Gasteiger partial charge is 0.493 e. The predicted molar refractivity (Wildman–Crippen MR) is 127 cm³/mol. The molecule has 2 aromatic rings. The van der Waals surface area contributed by atoms with Crippen molar-refractivity contribution in [3.63, 3.8) is 0 Å². The van der Waals surface area contributed by atoms with Crippen molar-refractivity contribution in [2.24, 2.45) is 4.99 Å². The Bertz CT molecular complexity index is 881. The average molecular weight is 442 g/mol. The summed E-state index contributed by atoms with van der Waals surface area (Å²) in [5.74, 6) is 3.06. The van der Waals surface area contributed by atoms with Gasteiger partial charge in [-0.05, 0) is 44.5 Å². The molecule has 7 nitrogen and oxygen atoms in total. The maximum atomic E-state index is 6.20. The fraction of sp³-hybridized carbons (Fsp3) is 0.480. The van der Waals surface area contributed by atoms with Crippen LogP contribution in [-0.2, 0) is 11.3 Å². The summed E-state index contributed by atoms with van der Waals surface area (Å²) in [6.07, 6.45) is 0.958. The van der Waals surface area contributed by atoms with Crippen LogP contribution in [0.3, 0.4) is 0 Å². The number of aliphatic imine (C=N–C) groups is 1. The van der Waals surface area contributed by atoms with Crippen molar-refractivity contribution in [1.29, 1.82) is 0 Å². The maximum Gasteiger partial charge on any atom is 0.191 e. The van der Waals surface area contributed by atoms with E-state index >= 15 is 0 Å². The maximum absolute atomic E-state index is 6.20. The number of nitrogens with zero attached hydrogens (tertiary/aromatic N) is 1. The zero-order valence-corrected chi connectivity index (χ0v) is 19.5. The Hall–Kier alpha value is -2.93. The SMILES string of the molecule is CCNC(=NCc1ccc(C)cc1OC1CCOC1)NCC(C)Oc1ccccc1OC. The van der Waals surface area contributed by atoms with Crippen LogP contribution in [0.5, 0.6) is 17.2 Å². The number of aryl methyl sites for hydroxylation is 1. The second kappa shape index (κ2) is 12.2. The molecule has 0 radical (unpaired) electrons. The normalized spacial score (nSPS) is 17.0. The fourth-order valence-corrected chi connectivity index (χ4v) is 3.41. The summed E-state index contributed by atoms with van der Waals surface area (Å²) < 4.78 is 23.0. The van der Waals surface area contributed by atoms with Crippen molar-refractivity contribution in [1.82, 2.24) is 10.6 Å². The molecular formula is C25H35N3O4. The molecule has 1 aliphatic heterocycles. The van der Waals surface area contributed by atoms with Crippen molar-refractivity contribution < 1.29 is 18.9 Å². The summed E-state index contributed by atoms with van der Waals surface area (Å²) in [5, 5.41) is 6.66. The van der Waals surface area contributed by atoms with Crippen LogP contribution in [0.2, 0.25) is 0 Å². The topological polar surface area (TPSA) is 73.3 Å². The molecule has 32 heavy (non-hydrogen) atoms. The van der Waals surface area contributed by atoms with Crippen LogP contribution in [0.4, 0.5) is 0 Å². The van der Waals surface area contributed by atoms with Gasteiger partial charge in [-0.15, -0.1) is 0 Å². The van der Waals surface area contributed by atoms with Crippen LogP contribution in [0.25, 0.3) is 0 Å². The summed E-state index contributed by atoms with van der Waals surface area (Å²) in [7, 11) is 1.64. The van der Waals surface area contributed by atoms with Crippen LogP contribution >= 0.6 is 0 Å². The Kier molecular flexibility index (Phi) is 9.04. The second-order valence-electron chi connectivity index (χ2n) is 7.87. The summed E-state index contributed by atoms with van der Waals surface area (Å²) in [4.78, 5) is 4.76. The molecule has 0 aromatic heterocycles. The summed E-state index contributed by atoms with van der Waals surface area (Å²) >= 11 is 0. The van der Waals surface area contributed by atoms with Gasteiger partial charge in [0, 0.05) is 18.5 Å². The zero-order chi connectivity index (χ0) is 22.8. The smallest absolute Gasteiger partial charge is 0.191 e. The van der Waals surface area contributed by atoms with Crippen molar-refractivity contribution in [3.8, 4) is 17.2 Å². The number of hydrogen-bond acceptors (Lipinski definition) is 5. The molecule has 0 amide bonds. The van der Waals surface area contributed by atoms with Gasteiger partial charge in [-0.2, -0.15) is 0 Å². The number of nitrogens with one attached hydrogen (secondary N) is 2. The van der Waals surface area contributed by atoms with E-state index in [1.54, 1.807) is 7.11 Å². The molecule has 3 rings (SSSR count). The van der Waals surface area contributed by atoms with Crippen molar-refractivity contribution in [2.45, 2.75) is 45.9 Å². The third-order valence-electron chi connectivity index (χ3n) is 5.11. The Morgan fingerprint density at radius 2 is 1.97 bits per heavy atom. The third kappa shape index (κ3) is 7.05. The van der Waals surface area contributed by atoms with Gasteiger partial charge in [0.05, 0.1) is 33.4 Å². The van der Waals surface area contributed by atoms with Gasteiger partial charge < -0.3 is 29.6 Å². The van der Waals surface area contributed by atoms with E-state index in [1.807, 2.05) is 38.1 Å². The molecule has 1 aliphatic rings. The number of rotatable bonds is 10. The lowest BCUT2D eigenvalue weighted by Crippen LogP contribution is -2.41. The molecule has 0 bridgehead atoms. The van der Waals surface area contributed by atoms with Crippen LogP contribution < -0.4 is 24.8 Å². The van der Waals surface area contributed by atoms with E-state index in [2.05, 4.69) is 35.8 Å². The highest BCUT2D eigenvalue weighted by atomic mass is 16.5. The second-order valence-corrected chi connectivity index (χ2v) is 7.87. The lowest BCUT2D eigenvalue weighted by atomic mass is 10.1. The standard InChI is InChI=1S/C25H35N3O4/c1-5-26-25(27-15-19(3)31-23-9-7-6-8-22(23)29-4)28-16-20-11-10-18(2)14-24(20)32-21-12-13-30-17-21/h6-11,14,19,21H,5,12-13,15-17H2,1-4H3,(H2,26,27,28). The quantitative estimate of drug-likeness (QED) is 0.433. The molecule has 1 heterocycles. The van der Waals surface area contributed by atoms with E-state index in [9.17, 15) is 0 Å². The van der Waals surface area contributed by atoms with Gasteiger partial charge in [-0.1, -0.05) is 24.3 Å². The number of benzene rings is 2. The summed E-state index contributed by atoms with van der Waals surface area (Å²) in [5.41, 5.74) is 2.22. The van der Waals surface area contributed by atoms with E-state index < -0.39 is 0 Å². The number of para-hydroxylation sites is 2. The van der Waals surface area contributed by atoms with Gasteiger partial charge >= 0.3 is 0 Å². The molecular weight excluding hydrogens is 406 g/mol. The summed E-state index contributed by atoms with van der Waals surface area (Å²) in [6, 6.07) is 13.9. The molecule has 2 N–H and O–H groups in total. The molecule has 0 spiro atoms. The van der Waals surface area contributed by atoms with Gasteiger partial charge in [-0.3, -0.25) is 0 Å². The van der Waals surface area contributed by atoms with Gasteiger partial charge in [0.25, 0.3) is 0 Å². The number of hydrogen-bond donors (Lipinski definition) is 2. The first-order valence-electron chi connectivity index (χ1n) is 11.2. The molecule has 2 atom stereocenters. The Morgan fingerprint density at radius 1 is 1.16 bits per heavy atom. The molecule has 1 saturated heterocycles. The van der Waals surface area contributed by atoms with Crippen molar-refractivity contribution >= 4 is 5.96 Å². The molecule has 0 aliphatic carbocycles. The van der Waals surface area contributed by atoms with Gasteiger partial charge in [0.15, 0.2) is 17.5 Å². The van der Waals surface area contributed by atoms with E-state index in [4.69, 9.17) is 23.9 Å². The fourth-order valence-electron chi connectivity index (χ4n) is 3.41. The van der Waals surface area contributed by atoms with E-state index in [0.29, 0.717) is 19.7 Å². The van der Waals surface area contributed by atoms with Crippen LogP contribution in [0.15, 0.2) is 47.5 Å². The van der Waals surface area contributed by atoms with Gasteiger partial charge in [0.2, 0.25) is 0 Å². The number of methoxy groups -OCH3 is 1. The molecule has 174 valence electrons. The first-order valence-corrected chi connectivity index (χ1v) is 11.2. The molecule has 1 fully saturated rings. The number of ether oxygens (including phenoxy) is 4. The minimum Gasteiger partial charge on any atom is -0.493 e. The summed E-state index contributed by atoms with van der Waals surface area (Å²) in [6.45, 7) is 9.41. The highest BCUT2D eigenvalue weighted by molar-refractivity contribution is 5.79. The van der Waals surface area contributed by atoms with E-state index in [1.165, 1.54) is 5.56 Å². The minimum absolute atomic E-state index is 0.0733.